The zero-order valence-corrected chi connectivity index (χ0v) is 17.9. The average molecular weight is 471 g/mol. The number of aromatic nitrogens is 1. The van der Waals surface area contributed by atoms with Crippen molar-refractivity contribution in [2.45, 2.75) is 6.18 Å². The van der Waals surface area contributed by atoms with Gasteiger partial charge in [0, 0.05) is 17.7 Å². The summed E-state index contributed by atoms with van der Waals surface area (Å²) in [5.74, 6) is -1.25. The first kappa shape index (κ1) is 25.2. The molecule has 0 amide bonds. The Morgan fingerprint density at radius 2 is 1.45 bits per heavy atom. The molecule has 0 fully saturated rings. The van der Waals surface area contributed by atoms with Gasteiger partial charge in [-0.3, -0.25) is 4.79 Å². The monoisotopic (exact) mass is 471 g/mol. The first-order chi connectivity index (χ1) is 15.5. The first-order valence-electron chi connectivity index (χ1n) is 9.01. The molecule has 0 bridgehead atoms. The van der Waals surface area contributed by atoms with Crippen LogP contribution in [0.3, 0.4) is 0 Å². The number of nitrogens with one attached hydrogen (secondary N) is 1. The van der Waals surface area contributed by atoms with Gasteiger partial charge in [0.2, 0.25) is 5.43 Å². The molecule has 33 heavy (non-hydrogen) atoms. The highest BCUT2D eigenvalue weighted by atomic mass is 19.4. The van der Waals surface area contributed by atoms with Crippen molar-refractivity contribution in [3.05, 3.63) is 40.6 Å². The molecule has 12 heteroatoms. The molecule has 0 aliphatic rings. The highest BCUT2D eigenvalue weighted by Gasteiger charge is 2.38. The van der Waals surface area contributed by atoms with E-state index in [1.165, 1.54) is 27.4 Å². The third kappa shape index (κ3) is 5.40. The van der Waals surface area contributed by atoms with Crippen LogP contribution in [-0.2, 0) is 4.79 Å². The van der Waals surface area contributed by atoms with E-state index >= 15 is 0 Å². The van der Waals surface area contributed by atoms with Crippen molar-refractivity contribution in [3.8, 4) is 40.0 Å². The second-order valence-electron chi connectivity index (χ2n) is 6.30. The van der Waals surface area contributed by atoms with Gasteiger partial charge in [0.15, 0.2) is 17.2 Å². The summed E-state index contributed by atoms with van der Waals surface area (Å²) >= 11 is 0. The molecule has 0 unspecified atom stereocenters. The summed E-state index contributed by atoms with van der Waals surface area (Å²) in [5.41, 5.74) is 0.750. The van der Waals surface area contributed by atoms with Crippen LogP contribution in [0, 0.1) is 0 Å². The van der Waals surface area contributed by atoms with E-state index in [4.69, 9.17) is 28.8 Å². The number of aromatic hydroxyl groups is 1. The Kier molecular flexibility index (Phi) is 7.64. The molecule has 9 nitrogen and oxygen atoms in total. The van der Waals surface area contributed by atoms with Crippen LogP contribution in [0.1, 0.15) is 0 Å². The summed E-state index contributed by atoms with van der Waals surface area (Å²) < 4.78 is 52.8. The fourth-order valence-electron chi connectivity index (χ4n) is 2.81. The van der Waals surface area contributed by atoms with Crippen LogP contribution in [0.15, 0.2) is 35.1 Å². The van der Waals surface area contributed by atoms with Gasteiger partial charge in [-0.15, -0.1) is 0 Å². The lowest BCUT2D eigenvalue weighted by Crippen LogP contribution is -2.21. The standard InChI is InChI=1S/C19H19NO6.C2HF3O2/c1-23-10-5-6-11(14(7-10)24-2)17-19(22)18(21)12-8-15(25-3)16(26-4)9-13(12)20-17;3-2(4,5)1(6)7/h5-9,22H,1-4H3,(H,20,21);(H,6,7). The van der Waals surface area contributed by atoms with E-state index in [1.54, 1.807) is 31.4 Å². The van der Waals surface area contributed by atoms with Gasteiger partial charge in [0.1, 0.15) is 11.5 Å². The third-order valence-electron chi connectivity index (χ3n) is 4.40. The lowest BCUT2D eigenvalue weighted by molar-refractivity contribution is -0.192. The number of aromatic amines is 1. The molecule has 2 aromatic carbocycles. The fourth-order valence-corrected chi connectivity index (χ4v) is 2.81. The highest BCUT2D eigenvalue weighted by Crippen LogP contribution is 2.38. The Balaban J connectivity index is 0.000000479. The number of carbonyl (C=O) groups is 1. The number of carboxylic acid groups (broad SMARTS) is 1. The molecule has 0 saturated heterocycles. The van der Waals surface area contributed by atoms with Crippen LogP contribution in [0.5, 0.6) is 28.7 Å². The largest absolute Gasteiger partial charge is 0.503 e. The number of ether oxygens (including phenoxy) is 4. The van der Waals surface area contributed by atoms with Crippen LogP contribution in [0.2, 0.25) is 0 Å². The number of aliphatic carboxylic acids is 1. The van der Waals surface area contributed by atoms with Crippen molar-refractivity contribution in [2.24, 2.45) is 0 Å². The van der Waals surface area contributed by atoms with Crippen molar-refractivity contribution >= 4 is 16.9 Å². The van der Waals surface area contributed by atoms with Gasteiger partial charge in [0.05, 0.1) is 45.0 Å². The Hall–Kier alpha value is -4.09. The van der Waals surface area contributed by atoms with Gasteiger partial charge in [-0.05, 0) is 18.2 Å². The number of pyridine rings is 1. The van der Waals surface area contributed by atoms with E-state index in [0.29, 0.717) is 34.1 Å². The molecule has 3 rings (SSSR count). The first-order valence-corrected chi connectivity index (χ1v) is 9.01. The van der Waals surface area contributed by atoms with Gasteiger partial charge < -0.3 is 34.1 Å². The van der Waals surface area contributed by atoms with Crippen LogP contribution in [-0.4, -0.2) is 55.8 Å². The van der Waals surface area contributed by atoms with E-state index < -0.39 is 23.3 Å². The van der Waals surface area contributed by atoms with Crippen LogP contribution in [0.25, 0.3) is 22.2 Å². The van der Waals surface area contributed by atoms with Crippen LogP contribution < -0.4 is 24.4 Å². The number of hydrogen-bond acceptors (Lipinski definition) is 7. The van der Waals surface area contributed by atoms with Gasteiger partial charge >= 0.3 is 12.1 Å². The van der Waals surface area contributed by atoms with E-state index in [1.807, 2.05) is 0 Å². The summed E-state index contributed by atoms with van der Waals surface area (Å²) in [6, 6.07) is 8.27. The summed E-state index contributed by atoms with van der Waals surface area (Å²) in [5, 5.41) is 17.9. The van der Waals surface area contributed by atoms with E-state index in [0.717, 1.165) is 0 Å². The highest BCUT2D eigenvalue weighted by molar-refractivity contribution is 5.88. The lowest BCUT2D eigenvalue weighted by atomic mass is 10.1. The van der Waals surface area contributed by atoms with Crippen molar-refractivity contribution < 1.29 is 47.1 Å². The number of alkyl halides is 3. The minimum absolute atomic E-state index is 0.245. The van der Waals surface area contributed by atoms with Crippen LogP contribution in [0.4, 0.5) is 13.2 Å². The molecular weight excluding hydrogens is 451 g/mol. The fraction of sp³-hybridized carbons (Fsp3) is 0.238. The molecule has 0 radical (unpaired) electrons. The van der Waals surface area contributed by atoms with Crippen molar-refractivity contribution in [1.82, 2.24) is 4.98 Å². The maximum atomic E-state index is 12.7. The summed E-state index contributed by atoms with van der Waals surface area (Å²) in [6.07, 6.45) is -5.08. The number of methoxy groups -OCH3 is 4. The average Bonchev–Trinajstić information content (AvgIpc) is 2.79. The summed E-state index contributed by atoms with van der Waals surface area (Å²) in [7, 11) is 6.04. The number of halogens is 3. The zero-order valence-electron chi connectivity index (χ0n) is 17.9. The lowest BCUT2D eigenvalue weighted by Gasteiger charge is -2.14. The minimum atomic E-state index is -5.08. The molecule has 0 aliphatic heterocycles. The second-order valence-corrected chi connectivity index (χ2v) is 6.30. The SMILES string of the molecule is COc1ccc(-c2[nH]c3cc(OC)c(OC)cc3c(=O)c2O)c(OC)c1.O=C(O)C(F)(F)F. The normalized spacial score (nSPS) is 10.8. The Morgan fingerprint density at radius 1 is 0.909 bits per heavy atom. The topological polar surface area (TPSA) is 127 Å². The number of H-pyrrole nitrogens is 1. The molecule has 1 heterocycles. The summed E-state index contributed by atoms with van der Waals surface area (Å²) in [4.78, 5) is 24.7. The van der Waals surface area contributed by atoms with Gasteiger partial charge in [-0.1, -0.05) is 0 Å². The van der Waals surface area contributed by atoms with Crippen molar-refractivity contribution in [2.75, 3.05) is 28.4 Å². The number of hydrogen-bond donors (Lipinski definition) is 3. The Bertz CT molecular complexity index is 1220. The molecule has 0 spiro atoms. The van der Waals surface area contributed by atoms with Crippen molar-refractivity contribution in [3.63, 3.8) is 0 Å². The third-order valence-corrected chi connectivity index (χ3v) is 4.40. The van der Waals surface area contributed by atoms with Gasteiger partial charge in [-0.25, -0.2) is 4.79 Å². The quantitative estimate of drug-likeness (QED) is 0.516. The zero-order chi connectivity index (χ0) is 24.9. The van der Waals surface area contributed by atoms with Gasteiger partial charge in [-0.2, -0.15) is 13.2 Å². The number of rotatable bonds is 5. The molecular formula is C21H20F3NO8. The molecule has 0 saturated carbocycles. The number of fused-ring (bicyclic) bond motifs is 1. The minimum Gasteiger partial charge on any atom is -0.503 e. The Labute approximate surface area is 184 Å². The maximum Gasteiger partial charge on any atom is 0.490 e. The van der Waals surface area contributed by atoms with E-state index in [2.05, 4.69) is 4.98 Å². The number of benzene rings is 2. The smallest absolute Gasteiger partial charge is 0.490 e. The molecule has 3 aromatic rings. The number of carboxylic acids is 1. The molecule has 178 valence electrons. The molecule has 1 aromatic heterocycles. The maximum absolute atomic E-state index is 12.7. The predicted molar refractivity (Wildman–Crippen MR) is 112 cm³/mol. The predicted octanol–water partition coefficient (Wildman–Crippen LogP) is 3.57. The van der Waals surface area contributed by atoms with E-state index in [9.17, 15) is 23.1 Å². The molecule has 0 aliphatic carbocycles. The summed E-state index contributed by atoms with van der Waals surface area (Å²) in [6.45, 7) is 0. The molecule has 3 N–H and O–H groups in total. The molecule has 0 atom stereocenters. The van der Waals surface area contributed by atoms with E-state index in [-0.39, 0.29) is 11.1 Å². The second kappa shape index (κ2) is 10.0. The van der Waals surface area contributed by atoms with Crippen molar-refractivity contribution in [1.29, 1.82) is 0 Å². The van der Waals surface area contributed by atoms with Crippen LogP contribution >= 0.6 is 0 Å². The van der Waals surface area contributed by atoms with Gasteiger partial charge in [0.25, 0.3) is 0 Å². The Morgan fingerprint density at radius 3 is 1.94 bits per heavy atom.